The average molecular weight is 129 g/mol. The van der Waals surface area contributed by atoms with Crippen LogP contribution in [-0.2, 0) is 0 Å². The highest BCUT2D eigenvalue weighted by Crippen LogP contribution is 1.74. The summed E-state index contributed by atoms with van der Waals surface area (Å²) in [5.41, 5.74) is 0. The molecule has 0 aliphatic rings. The van der Waals surface area contributed by atoms with E-state index in [1.807, 2.05) is 0 Å². The largest absolute Gasteiger partial charge is 0.394 e. The Morgan fingerprint density at radius 1 is 1.67 bits per heavy atom. The maximum atomic E-state index is 8.70. The van der Waals surface area contributed by atoms with Gasteiger partial charge in [-0.3, -0.25) is 0 Å². The molecule has 3 nitrogen and oxygen atoms in total. The molecule has 0 radical (unpaired) electrons. The van der Waals surface area contributed by atoms with E-state index in [9.17, 15) is 0 Å². The standard InChI is InChI=1S/C6H11NO2/c1-2-3-7-4-6(9)5-8/h1,6-9H,3-5H2. The SMILES string of the molecule is C#CCNCC(O)CO. The Balaban J connectivity index is 2.99. The van der Waals surface area contributed by atoms with Crippen molar-refractivity contribution in [3.05, 3.63) is 0 Å². The second-order valence-electron chi connectivity index (χ2n) is 1.67. The Morgan fingerprint density at radius 3 is 2.78 bits per heavy atom. The molecule has 3 heteroatoms. The minimum absolute atomic E-state index is 0.225. The van der Waals surface area contributed by atoms with Gasteiger partial charge in [0.1, 0.15) is 0 Å². The van der Waals surface area contributed by atoms with E-state index < -0.39 is 6.10 Å². The summed E-state index contributed by atoms with van der Waals surface area (Å²) in [6.07, 6.45) is 4.20. The van der Waals surface area contributed by atoms with E-state index in [1.54, 1.807) is 0 Å². The number of terminal acetylenes is 1. The zero-order valence-electron chi connectivity index (χ0n) is 5.17. The van der Waals surface area contributed by atoms with E-state index in [0.29, 0.717) is 13.1 Å². The zero-order chi connectivity index (χ0) is 7.11. The summed E-state index contributed by atoms with van der Waals surface area (Å²) in [7, 11) is 0. The van der Waals surface area contributed by atoms with Gasteiger partial charge in [-0.25, -0.2) is 0 Å². The quantitative estimate of drug-likeness (QED) is 0.322. The van der Waals surface area contributed by atoms with Crippen molar-refractivity contribution in [1.29, 1.82) is 0 Å². The highest BCUT2D eigenvalue weighted by Gasteiger charge is 1.97. The summed E-state index contributed by atoms with van der Waals surface area (Å²) in [6, 6.07) is 0. The number of rotatable bonds is 4. The number of aliphatic hydroxyl groups is 2. The molecule has 52 valence electrons. The van der Waals surface area contributed by atoms with Gasteiger partial charge in [-0.15, -0.1) is 6.42 Å². The van der Waals surface area contributed by atoms with Gasteiger partial charge in [0.2, 0.25) is 0 Å². The molecule has 1 unspecified atom stereocenters. The van der Waals surface area contributed by atoms with Crippen LogP contribution in [0.2, 0.25) is 0 Å². The van der Waals surface area contributed by atoms with Gasteiger partial charge in [-0.2, -0.15) is 0 Å². The van der Waals surface area contributed by atoms with Crippen LogP contribution in [0.25, 0.3) is 0 Å². The van der Waals surface area contributed by atoms with E-state index in [0.717, 1.165) is 0 Å². The Labute approximate surface area is 54.7 Å². The minimum atomic E-state index is -0.696. The molecule has 0 aromatic carbocycles. The summed E-state index contributed by atoms with van der Waals surface area (Å²) in [5.74, 6) is 2.34. The molecule has 0 aromatic rings. The molecule has 0 amide bonds. The van der Waals surface area contributed by atoms with Crippen LogP contribution in [0.5, 0.6) is 0 Å². The molecule has 0 aromatic heterocycles. The van der Waals surface area contributed by atoms with Gasteiger partial charge >= 0.3 is 0 Å². The van der Waals surface area contributed by atoms with Crippen LogP contribution >= 0.6 is 0 Å². The molecule has 0 aliphatic heterocycles. The first-order valence-corrected chi connectivity index (χ1v) is 2.74. The van der Waals surface area contributed by atoms with Gasteiger partial charge in [0.25, 0.3) is 0 Å². The topological polar surface area (TPSA) is 52.5 Å². The van der Waals surface area contributed by atoms with Gasteiger partial charge in [0.05, 0.1) is 19.3 Å². The molecule has 0 saturated heterocycles. The monoisotopic (exact) mass is 129 g/mol. The lowest BCUT2D eigenvalue weighted by molar-refractivity contribution is 0.0954. The summed E-state index contributed by atoms with van der Waals surface area (Å²) in [6.45, 7) is 0.551. The van der Waals surface area contributed by atoms with Crippen LogP contribution < -0.4 is 5.32 Å². The van der Waals surface area contributed by atoms with E-state index >= 15 is 0 Å². The highest BCUT2D eigenvalue weighted by atomic mass is 16.3. The third-order valence-corrected chi connectivity index (χ3v) is 0.818. The Kier molecular flexibility index (Phi) is 5.23. The number of aliphatic hydroxyl groups excluding tert-OH is 2. The lowest BCUT2D eigenvalue weighted by Crippen LogP contribution is -2.29. The Morgan fingerprint density at radius 2 is 2.33 bits per heavy atom. The molecule has 0 spiro atoms. The van der Waals surface area contributed by atoms with Crippen LogP contribution in [0, 0.1) is 12.3 Å². The molecule has 9 heavy (non-hydrogen) atoms. The van der Waals surface area contributed by atoms with Crippen molar-refractivity contribution in [3.8, 4) is 12.3 Å². The first-order valence-electron chi connectivity index (χ1n) is 2.74. The summed E-state index contributed by atoms with van der Waals surface area (Å²) >= 11 is 0. The second kappa shape index (κ2) is 5.57. The molecule has 0 rings (SSSR count). The van der Waals surface area contributed by atoms with Crippen molar-refractivity contribution in [1.82, 2.24) is 5.32 Å². The second-order valence-corrected chi connectivity index (χ2v) is 1.67. The maximum absolute atomic E-state index is 8.70. The lowest BCUT2D eigenvalue weighted by atomic mass is 10.4. The molecule has 0 bridgehead atoms. The van der Waals surface area contributed by atoms with E-state index in [-0.39, 0.29) is 6.61 Å². The number of hydrogen-bond acceptors (Lipinski definition) is 3. The molecule has 0 heterocycles. The normalized spacial score (nSPS) is 12.6. The molecular weight excluding hydrogens is 118 g/mol. The van der Waals surface area contributed by atoms with Crippen molar-refractivity contribution in [2.75, 3.05) is 19.7 Å². The predicted molar refractivity (Wildman–Crippen MR) is 34.8 cm³/mol. The molecule has 0 saturated carbocycles. The Bertz CT molecular complexity index is 97.7. The summed E-state index contributed by atoms with van der Waals surface area (Å²) in [4.78, 5) is 0. The van der Waals surface area contributed by atoms with Crippen molar-refractivity contribution < 1.29 is 10.2 Å². The van der Waals surface area contributed by atoms with Crippen molar-refractivity contribution in [2.45, 2.75) is 6.10 Å². The molecular formula is C6H11NO2. The molecule has 1 atom stereocenters. The Hall–Kier alpha value is -0.560. The first kappa shape index (κ1) is 8.44. The van der Waals surface area contributed by atoms with Crippen LogP contribution in [0.4, 0.5) is 0 Å². The van der Waals surface area contributed by atoms with Gasteiger partial charge < -0.3 is 15.5 Å². The van der Waals surface area contributed by atoms with Gasteiger partial charge in [0, 0.05) is 6.54 Å². The fraction of sp³-hybridized carbons (Fsp3) is 0.667. The highest BCUT2D eigenvalue weighted by molar-refractivity contribution is 4.86. The van der Waals surface area contributed by atoms with Crippen LogP contribution in [0.3, 0.4) is 0 Å². The number of hydrogen-bond donors (Lipinski definition) is 3. The van der Waals surface area contributed by atoms with Crippen molar-refractivity contribution in [2.24, 2.45) is 0 Å². The van der Waals surface area contributed by atoms with Gasteiger partial charge in [-0.05, 0) is 0 Å². The van der Waals surface area contributed by atoms with Gasteiger partial charge in [-0.1, -0.05) is 5.92 Å². The third-order valence-electron chi connectivity index (χ3n) is 0.818. The van der Waals surface area contributed by atoms with Crippen LogP contribution in [-0.4, -0.2) is 36.0 Å². The molecule has 0 fully saturated rings. The molecule has 3 N–H and O–H groups in total. The van der Waals surface area contributed by atoms with Crippen molar-refractivity contribution >= 4 is 0 Å². The van der Waals surface area contributed by atoms with Crippen LogP contribution in [0.15, 0.2) is 0 Å². The average Bonchev–Trinajstić information content (AvgIpc) is 1.89. The van der Waals surface area contributed by atoms with E-state index in [2.05, 4.69) is 11.2 Å². The lowest BCUT2D eigenvalue weighted by Gasteiger charge is -2.04. The fourth-order valence-corrected chi connectivity index (χ4v) is 0.375. The smallest absolute Gasteiger partial charge is 0.0895 e. The fourth-order valence-electron chi connectivity index (χ4n) is 0.375. The predicted octanol–water partition coefficient (Wildman–Crippen LogP) is -1.44. The third kappa shape index (κ3) is 5.31. The van der Waals surface area contributed by atoms with Gasteiger partial charge in [0.15, 0.2) is 0 Å². The summed E-state index contributed by atoms with van der Waals surface area (Å²) < 4.78 is 0. The molecule has 0 aliphatic carbocycles. The van der Waals surface area contributed by atoms with E-state index in [4.69, 9.17) is 16.6 Å². The number of nitrogens with one attached hydrogen (secondary N) is 1. The minimum Gasteiger partial charge on any atom is -0.394 e. The van der Waals surface area contributed by atoms with E-state index in [1.165, 1.54) is 0 Å². The first-order chi connectivity index (χ1) is 4.31. The summed E-state index contributed by atoms with van der Waals surface area (Å²) in [5, 5.41) is 19.7. The maximum Gasteiger partial charge on any atom is 0.0895 e. The van der Waals surface area contributed by atoms with Crippen molar-refractivity contribution in [3.63, 3.8) is 0 Å². The zero-order valence-corrected chi connectivity index (χ0v) is 5.17. The van der Waals surface area contributed by atoms with Crippen LogP contribution in [0.1, 0.15) is 0 Å².